The number of hydroxylamine groups is 1. The van der Waals surface area contributed by atoms with Crippen molar-refractivity contribution in [1.29, 1.82) is 0 Å². The third kappa shape index (κ3) is 4.28. The molecule has 0 aliphatic heterocycles. The predicted octanol–water partition coefficient (Wildman–Crippen LogP) is 2.01. The first kappa shape index (κ1) is 21.0. The minimum Gasteiger partial charge on any atom is -0.385 e. The van der Waals surface area contributed by atoms with Gasteiger partial charge in [-0.1, -0.05) is 6.07 Å². The van der Waals surface area contributed by atoms with E-state index in [1.54, 1.807) is 11.7 Å². The fourth-order valence-corrected chi connectivity index (χ4v) is 3.83. The number of anilines is 1. The molecule has 2 aromatic heterocycles. The van der Waals surface area contributed by atoms with Gasteiger partial charge < -0.3 is 14.6 Å². The van der Waals surface area contributed by atoms with Gasteiger partial charge in [0.2, 0.25) is 11.4 Å². The molecule has 0 saturated heterocycles. The van der Waals surface area contributed by atoms with Crippen LogP contribution in [-0.4, -0.2) is 47.8 Å². The Hall–Kier alpha value is -3.30. The summed E-state index contributed by atoms with van der Waals surface area (Å²) >= 11 is 0. The number of nitrogens with one attached hydrogen (secondary N) is 2. The Morgan fingerprint density at radius 3 is 2.87 bits per heavy atom. The van der Waals surface area contributed by atoms with Crippen LogP contribution in [0.25, 0.3) is 16.7 Å². The van der Waals surface area contributed by atoms with E-state index in [1.807, 2.05) is 6.07 Å². The molecule has 1 aliphatic carbocycles. The minimum atomic E-state index is -0.619. The van der Waals surface area contributed by atoms with Crippen molar-refractivity contribution < 1.29 is 14.4 Å². The second kappa shape index (κ2) is 9.23. The first-order valence-corrected chi connectivity index (χ1v) is 10.2. The highest BCUT2D eigenvalue weighted by Crippen LogP contribution is 2.26. The lowest BCUT2D eigenvalue weighted by Gasteiger charge is -2.15. The van der Waals surface area contributed by atoms with Gasteiger partial charge in [0.05, 0.1) is 12.5 Å². The average molecular weight is 423 g/mol. The molecule has 31 heavy (non-hydrogen) atoms. The number of fused-ring (bicyclic) bond motifs is 2. The molecule has 1 aromatic carbocycles. The van der Waals surface area contributed by atoms with Gasteiger partial charge in [0.1, 0.15) is 5.56 Å². The van der Waals surface area contributed by atoms with E-state index in [1.165, 1.54) is 30.6 Å². The second-order valence-electron chi connectivity index (χ2n) is 7.39. The van der Waals surface area contributed by atoms with Crippen LogP contribution < -0.4 is 16.2 Å². The number of aromatic nitrogens is 3. The van der Waals surface area contributed by atoms with Crippen molar-refractivity contribution in [2.24, 2.45) is 0 Å². The van der Waals surface area contributed by atoms with E-state index in [2.05, 4.69) is 32.9 Å². The number of aryl methyl sites for hydroxylation is 2. The highest BCUT2D eigenvalue weighted by molar-refractivity contribution is 5.96. The van der Waals surface area contributed by atoms with Crippen molar-refractivity contribution in [2.75, 3.05) is 32.7 Å². The number of ether oxygens (including phenoxy) is 1. The van der Waals surface area contributed by atoms with E-state index in [-0.39, 0.29) is 10.9 Å². The molecule has 0 bridgehead atoms. The highest BCUT2D eigenvalue weighted by Gasteiger charge is 2.19. The Balaban J connectivity index is 1.84. The topological polar surface area (TPSA) is 107 Å². The summed E-state index contributed by atoms with van der Waals surface area (Å²) < 4.78 is 6.83. The van der Waals surface area contributed by atoms with E-state index < -0.39 is 11.3 Å². The van der Waals surface area contributed by atoms with Crippen LogP contribution in [0.4, 0.5) is 5.95 Å². The fraction of sp³-hybridized carbons (Fsp3) is 0.364. The number of methoxy groups -OCH3 is 1. The van der Waals surface area contributed by atoms with Crippen LogP contribution in [0.3, 0.4) is 0 Å². The van der Waals surface area contributed by atoms with Gasteiger partial charge in [-0.05, 0) is 48.9 Å². The number of hydrogen-bond acceptors (Lipinski definition) is 7. The predicted molar refractivity (Wildman–Crippen MR) is 117 cm³/mol. The molecule has 0 spiro atoms. The zero-order valence-electron chi connectivity index (χ0n) is 17.6. The van der Waals surface area contributed by atoms with E-state index in [4.69, 9.17) is 9.57 Å². The molecule has 4 rings (SSSR count). The summed E-state index contributed by atoms with van der Waals surface area (Å²) in [4.78, 5) is 39.0. The van der Waals surface area contributed by atoms with Crippen LogP contribution in [0.2, 0.25) is 0 Å². The molecule has 9 heteroatoms. The molecule has 1 aliphatic rings. The summed E-state index contributed by atoms with van der Waals surface area (Å²) in [5.74, 6) is -0.210. The van der Waals surface area contributed by atoms with Crippen LogP contribution in [0.15, 0.2) is 35.4 Å². The third-order valence-electron chi connectivity index (χ3n) is 5.35. The summed E-state index contributed by atoms with van der Waals surface area (Å²) in [6, 6.07) is 6.18. The maximum atomic E-state index is 13.0. The quantitative estimate of drug-likeness (QED) is 0.422. The molecule has 1 amide bonds. The summed E-state index contributed by atoms with van der Waals surface area (Å²) in [5, 5.41) is 3.41. The smallest absolute Gasteiger partial charge is 0.280 e. The molecule has 3 aromatic rings. The van der Waals surface area contributed by atoms with Crippen molar-refractivity contribution >= 4 is 22.9 Å². The lowest BCUT2D eigenvalue weighted by molar-refractivity contribution is 0.0536. The summed E-state index contributed by atoms with van der Waals surface area (Å²) in [6.07, 6.45) is 6.97. The van der Waals surface area contributed by atoms with Crippen LogP contribution in [0.5, 0.6) is 0 Å². The Bertz CT molecular complexity index is 1170. The number of carbonyl (C=O) groups excluding carboxylic acids is 1. The zero-order chi connectivity index (χ0) is 21.8. The van der Waals surface area contributed by atoms with Gasteiger partial charge in [-0.2, -0.15) is 4.98 Å². The van der Waals surface area contributed by atoms with Crippen LogP contribution in [-0.2, 0) is 22.4 Å². The lowest BCUT2D eigenvalue weighted by Crippen LogP contribution is -2.29. The van der Waals surface area contributed by atoms with Gasteiger partial charge in [-0.3, -0.25) is 14.4 Å². The largest absolute Gasteiger partial charge is 0.385 e. The zero-order valence-corrected chi connectivity index (χ0v) is 17.6. The number of amides is 1. The number of carbonyl (C=O) groups is 1. The number of hydrogen-bond donors (Lipinski definition) is 2. The first-order chi connectivity index (χ1) is 15.1. The Morgan fingerprint density at radius 1 is 1.23 bits per heavy atom. The number of pyridine rings is 1. The Morgan fingerprint density at radius 2 is 2.06 bits per heavy atom. The minimum absolute atomic E-state index is 0.0424. The maximum absolute atomic E-state index is 13.0. The van der Waals surface area contributed by atoms with Crippen molar-refractivity contribution in [3.8, 4) is 5.69 Å². The second-order valence-corrected chi connectivity index (χ2v) is 7.39. The van der Waals surface area contributed by atoms with Crippen molar-refractivity contribution in [3.05, 3.63) is 57.5 Å². The standard InChI is InChI=1S/C22H25N5O4/c1-30-10-4-9-23-22-24-12-17-19(28)18(21(29)26-31-2)13-27(20(17)25-22)16-8-7-14-5-3-6-15(14)11-16/h7-8,11-13H,3-6,9-10H2,1-2H3,(H,26,29)(H,23,24,25). The normalized spacial score (nSPS) is 12.7. The lowest BCUT2D eigenvalue weighted by atomic mass is 10.1. The number of nitrogens with zero attached hydrogens (tertiary/aromatic N) is 3. The van der Waals surface area contributed by atoms with Crippen molar-refractivity contribution in [2.45, 2.75) is 25.7 Å². The van der Waals surface area contributed by atoms with Gasteiger partial charge in [-0.15, -0.1) is 0 Å². The summed E-state index contributed by atoms with van der Waals surface area (Å²) in [7, 11) is 2.97. The van der Waals surface area contributed by atoms with Gasteiger partial charge in [0, 0.05) is 38.3 Å². The van der Waals surface area contributed by atoms with Crippen LogP contribution >= 0.6 is 0 Å². The molecule has 162 valence electrons. The Labute approximate surface area is 179 Å². The van der Waals surface area contributed by atoms with Gasteiger partial charge in [0.15, 0.2) is 5.65 Å². The molecule has 0 atom stereocenters. The van der Waals surface area contributed by atoms with Crippen molar-refractivity contribution in [3.63, 3.8) is 0 Å². The molecule has 0 fully saturated rings. The highest BCUT2D eigenvalue weighted by atomic mass is 16.6. The molecule has 9 nitrogen and oxygen atoms in total. The van der Waals surface area contributed by atoms with E-state index in [0.717, 1.165) is 31.4 Å². The monoisotopic (exact) mass is 423 g/mol. The van der Waals surface area contributed by atoms with Gasteiger partial charge in [0.25, 0.3) is 5.91 Å². The molecule has 0 saturated carbocycles. The molecule has 0 radical (unpaired) electrons. The fourth-order valence-electron chi connectivity index (χ4n) is 3.83. The van der Waals surface area contributed by atoms with Gasteiger partial charge >= 0.3 is 0 Å². The summed E-state index contributed by atoms with van der Waals surface area (Å²) in [5.41, 5.74) is 5.61. The molecule has 2 N–H and O–H groups in total. The SMILES string of the molecule is COCCCNc1ncc2c(=O)c(C(=O)NOC)cn(-c3ccc4c(c3)CCC4)c2n1. The summed E-state index contributed by atoms with van der Waals surface area (Å²) in [6.45, 7) is 1.26. The Kier molecular flexibility index (Phi) is 6.24. The van der Waals surface area contributed by atoms with Crippen molar-refractivity contribution in [1.82, 2.24) is 20.0 Å². The molecule has 2 heterocycles. The van der Waals surface area contributed by atoms with Crippen LogP contribution in [0, 0.1) is 0 Å². The number of rotatable bonds is 8. The average Bonchev–Trinajstić information content (AvgIpc) is 3.25. The number of benzene rings is 1. The van der Waals surface area contributed by atoms with Gasteiger partial charge in [-0.25, -0.2) is 10.5 Å². The molecular formula is C22H25N5O4. The van der Waals surface area contributed by atoms with Crippen LogP contribution in [0.1, 0.15) is 34.3 Å². The first-order valence-electron chi connectivity index (χ1n) is 10.2. The molecule has 0 unspecified atom stereocenters. The third-order valence-corrected chi connectivity index (χ3v) is 5.35. The van der Waals surface area contributed by atoms with E-state index in [0.29, 0.717) is 24.7 Å². The maximum Gasteiger partial charge on any atom is 0.280 e. The molecular weight excluding hydrogens is 398 g/mol. The van der Waals surface area contributed by atoms with E-state index >= 15 is 0 Å². The van der Waals surface area contributed by atoms with E-state index in [9.17, 15) is 9.59 Å².